The highest BCUT2D eigenvalue weighted by Crippen LogP contribution is 2.30. The number of nitrogens with zero attached hydrogens (tertiary/aromatic N) is 3. The Morgan fingerprint density at radius 2 is 2.06 bits per heavy atom. The summed E-state index contributed by atoms with van der Waals surface area (Å²) in [6.45, 7) is 4.14. The van der Waals surface area contributed by atoms with Crippen LogP contribution in [0.2, 0.25) is 0 Å². The zero-order chi connectivity index (χ0) is 12.1. The summed E-state index contributed by atoms with van der Waals surface area (Å²) in [5, 5.41) is 7.92. The maximum Gasteiger partial charge on any atom is 0.154 e. The van der Waals surface area contributed by atoms with Crippen LogP contribution in [0.3, 0.4) is 0 Å². The van der Waals surface area contributed by atoms with E-state index in [0.29, 0.717) is 5.92 Å². The summed E-state index contributed by atoms with van der Waals surface area (Å²) in [6.07, 6.45) is 7.60. The SMILES string of the molecule is CCNCCc1nc(C2CCCCC2)nn1C. The van der Waals surface area contributed by atoms with Gasteiger partial charge in [-0.15, -0.1) is 0 Å². The lowest BCUT2D eigenvalue weighted by Gasteiger charge is -2.18. The first-order valence-electron chi connectivity index (χ1n) is 6.91. The van der Waals surface area contributed by atoms with Crippen molar-refractivity contribution >= 4 is 0 Å². The normalized spacial score (nSPS) is 17.5. The molecule has 0 radical (unpaired) electrons. The van der Waals surface area contributed by atoms with E-state index in [-0.39, 0.29) is 0 Å². The molecular formula is C13H24N4. The second kappa shape index (κ2) is 6.15. The topological polar surface area (TPSA) is 42.7 Å². The monoisotopic (exact) mass is 236 g/mol. The van der Waals surface area contributed by atoms with Gasteiger partial charge in [0.05, 0.1) is 0 Å². The van der Waals surface area contributed by atoms with Crippen molar-refractivity contribution in [2.24, 2.45) is 7.05 Å². The fourth-order valence-corrected chi connectivity index (χ4v) is 2.57. The van der Waals surface area contributed by atoms with Crippen LogP contribution in [-0.4, -0.2) is 27.9 Å². The lowest BCUT2D eigenvalue weighted by molar-refractivity contribution is 0.427. The smallest absolute Gasteiger partial charge is 0.154 e. The van der Waals surface area contributed by atoms with Gasteiger partial charge in [-0.1, -0.05) is 26.2 Å². The first-order chi connectivity index (χ1) is 8.31. The Morgan fingerprint density at radius 3 is 2.76 bits per heavy atom. The Labute approximate surface area is 104 Å². The number of rotatable bonds is 5. The lowest BCUT2D eigenvalue weighted by Crippen LogP contribution is -2.17. The van der Waals surface area contributed by atoms with Gasteiger partial charge < -0.3 is 5.32 Å². The highest BCUT2D eigenvalue weighted by molar-refractivity contribution is 5.00. The van der Waals surface area contributed by atoms with Crippen molar-refractivity contribution in [3.8, 4) is 0 Å². The molecule has 4 heteroatoms. The van der Waals surface area contributed by atoms with Crippen LogP contribution in [0.25, 0.3) is 0 Å². The van der Waals surface area contributed by atoms with Crippen LogP contribution in [0.1, 0.15) is 56.6 Å². The van der Waals surface area contributed by atoms with E-state index in [1.165, 1.54) is 32.1 Å². The van der Waals surface area contributed by atoms with E-state index in [1.807, 2.05) is 11.7 Å². The zero-order valence-electron chi connectivity index (χ0n) is 11.1. The average molecular weight is 236 g/mol. The zero-order valence-corrected chi connectivity index (χ0v) is 11.1. The molecule has 0 bridgehead atoms. The minimum absolute atomic E-state index is 0.614. The molecule has 4 nitrogen and oxygen atoms in total. The van der Waals surface area contributed by atoms with Gasteiger partial charge in [-0.2, -0.15) is 5.10 Å². The Bertz CT molecular complexity index is 339. The highest BCUT2D eigenvalue weighted by Gasteiger charge is 2.20. The van der Waals surface area contributed by atoms with Gasteiger partial charge in [0.15, 0.2) is 5.82 Å². The Balaban J connectivity index is 1.96. The standard InChI is InChI=1S/C13H24N4/c1-3-14-10-9-12-15-13(16-17(12)2)11-7-5-4-6-8-11/h11,14H,3-10H2,1-2H3. The fourth-order valence-electron chi connectivity index (χ4n) is 2.57. The van der Waals surface area contributed by atoms with Crippen LogP contribution in [0.15, 0.2) is 0 Å². The van der Waals surface area contributed by atoms with Crippen LogP contribution >= 0.6 is 0 Å². The summed E-state index contributed by atoms with van der Waals surface area (Å²) in [5.74, 6) is 2.81. The molecule has 0 unspecified atom stereocenters. The van der Waals surface area contributed by atoms with Gasteiger partial charge in [0.1, 0.15) is 5.82 Å². The first-order valence-corrected chi connectivity index (χ1v) is 6.91. The maximum absolute atomic E-state index is 4.72. The van der Waals surface area contributed by atoms with Crippen LogP contribution in [0.4, 0.5) is 0 Å². The van der Waals surface area contributed by atoms with E-state index in [9.17, 15) is 0 Å². The van der Waals surface area contributed by atoms with Gasteiger partial charge in [0, 0.05) is 25.9 Å². The molecule has 2 rings (SSSR count). The molecule has 1 fully saturated rings. The van der Waals surface area contributed by atoms with Gasteiger partial charge in [-0.3, -0.25) is 4.68 Å². The molecular weight excluding hydrogens is 212 g/mol. The molecule has 1 saturated carbocycles. The van der Waals surface area contributed by atoms with Crippen molar-refractivity contribution in [3.05, 3.63) is 11.6 Å². The molecule has 0 aromatic carbocycles. The number of hydrogen-bond acceptors (Lipinski definition) is 3. The molecule has 1 aliphatic carbocycles. The molecule has 1 aromatic heterocycles. The Morgan fingerprint density at radius 1 is 1.29 bits per heavy atom. The summed E-state index contributed by atoms with van der Waals surface area (Å²) >= 11 is 0. The fraction of sp³-hybridized carbons (Fsp3) is 0.846. The lowest BCUT2D eigenvalue weighted by atomic mass is 9.89. The number of aromatic nitrogens is 3. The number of aryl methyl sites for hydroxylation is 1. The Hall–Kier alpha value is -0.900. The number of hydrogen-bond donors (Lipinski definition) is 1. The van der Waals surface area contributed by atoms with Gasteiger partial charge in [-0.25, -0.2) is 4.98 Å². The third-order valence-electron chi connectivity index (χ3n) is 3.62. The molecule has 0 spiro atoms. The largest absolute Gasteiger partial charge is 0.317 e. The quantitative estimate of drug-likeness (QED) is 0.795. The van der Waals surface area contributed by atoms with E-state index in [2.05, 4.69) is 17.3 Å². The summed E-state index contributed by atoms with van der Waals surface area (Å²) in [7, 11) is 2.01. The molecule has 0 atom stereocenters. The third kappa shape index (κ3) is 3.28. The summed E-state index contributed by atoms with van der Waals surface area (Å²) in [5.41, 5.74) is 0. The number of likely N-dealkylation sites (N-methyl/N-ethyl adjacent to an activating group) is 1. The van der Waals surface area contributed by atoms with E-state index < -0.39 is 0 Å². The average Bonchev–Trinajstić information content (AvgIpc) is 2.73. The first kappa shape index (κ1) is 12.6. The van der Waals surface area contributed by atoms with Crippen molar-refractivity contribution in [1.82, 2.24) is 20.1 Å². The molecule has 1 aromatic rings. The molecule has 0 aliphatic heterocycles. The maximum atomic E-state index is 4.72. The summed E-state index contributed by atoms with van der Waals surface area (Å²) < 4.78 is 1.96. The van der Waals surface area contributed by atoms with Gasteiger partial charge in [0.25, 0.3) is 0 Å². The summed E-state index contributed by atoms with van der Waals surface area (Å²) in [4.78, 5) is 4.72. The molecule has 1 aliphatic rings. The van der Waals surface area contributed by atoms with Gasteiger partial charge in [0.2, 0.25) is 0 Å². The van der Waals surface area contributed by atoms with Crippen molar-refractivity contribution in [2.75, 3.05) is 13.1 Å². The van der Waals surface area contributed by atoms with E-state index in [1.54, 1.807) is 0 Å². The molecule has 17 heavy (non-hydrogen) atoms. The van der Waals surface area contributed by atoms with Crippen molar-refractivity contribution in [1.29, 1.82) is 0 Å². The highest BCUT2D eigenvalue weighted by atomic mass is 15.3. The van der Waals surface area contributed by atoms with Crippen LogP contribution in [0.5, 0.6) is 0 Å². The molecule has 0 saturated heterocycles. The van der Waals surface area contributed by atoms with Crippen LogP contribution in [0, 0.1) is 0 Å². The van der Waals surface area contributed by atoms with E-state index in [4.69, 9.17) is 4.98 Å². The van der Waals surface area contributed by atoms with Crippen LogP contribution in [-0.2, 0) is 13.5 Å². The van der Waals surface area contributed by atoms with Crippen LogP contribution < -0.4 is 5.32 Å². The predicted octanol–water partition coefficient (Wildman–Crippen LogP) is 2.01. The second-order valence-corrected chi connectivity index (χ2v) is 4.95. The van der Waals surface area contributed by atoms with E-state index >= 15 is 0 Å². The summed E-state index contributed by atoms with van der Waals surface area (Å²) in [6, 6.07) is 0. The molecule has 96 valence electrons. The Kier molecular flexibility index (Phi) is 4.54. The second-order valence-electron chi connectivity index (χ2n) is 4.95. The van der Waals surface area contributed by atoms with Crippen molar-refractivity contribution in [2.45, 2.75) is 51.4 Å². The molecule has 1 heterocycles. The third-order valence-corrected chi connectivity index (χ3v) is 3.62. The van der Waals surface area contributed by atoms with E-state index in [0.717, 1.165) is 31.2 Å². The minimum atomic E-state index is 0.614. The number of nitrogens with one attached hydrogen (secondary N) is 1. The van der Waals surface area contributed by atoms with Gasteiger partial charge in [-0.05, 0) is 19.4 Å². The van der Waals surface area contributed by atoms with Crippen molar-refractivity contribution in [3.63, 3.8) is 0 Å². The minimum Gasteiger partial charge on any atom is -0.317 e. The van der Waals surface area contributed by atoms with Gasteiger partial charge >= 0.3 is 0 Å². The predicted molar refractivity (Wildman–Crippen MR) is 69.1 cm³/mol. The van der Waals surface area contributed by atoms with Crippen molar-refractivity contribution < 1.29 is 0 Å². The molecule has 0 amide bonds. The molecule has 1 N–H and O–H groups in total.